The summed E-state index contributed by atoms with van der Waals surface area (Å²) in [5, 5.41) is 9.54. The van der Waals surface area contributed by atoms with Crippen LogP contribution in [-0.2, 0) is 6.54 Å². The first-order valence-corrected chi connectivity index (χ1v) is 11.2. The molecule has 1 atom stereocenters. The Hall–Kier alpha value is -2.16. The van der Waals surface area contributed by atoms with Gasteiger partial charge in [-0.05, 0) is 54.9 Å². The van der Waals surface area contributed by atoms with Gasteiger partial charge < -0.3 is 19.3 Å². The highest BCUT2D eigenvalue weighted by Gasteiger charge is 2.23. The van der Waals surface area contributed by atoms with Crippen molar-refractivity contribution in [2.75, 3.05) is 26.2 Å². The van der Waals surface area contributed by atoms with Crippen molar-refractivity contribution in [3.63, 3.8) is 0 Å². The Kier molecular flexibility index (Phi) is 5.64. The first kappa shape index (κ1) is 18.8. The lowest BCUT2D eigenvalue weighted by Crippen LogP contribution is -2.37. The highest BCUT2D eigenvalue weighted by atomic mass is 32.1. The number of fused-ring (bicyclic) bond motifs is 1. The van der Waals surface area contributed by atoms with Gasteiger partial charge in [0.15, 0.2) is 5.76 Å². The number of piperidine rings is 1. The van der Waals surface area contributed by atoms with Gasteiger partial charge in [0, 0.05) is 31.4 Å². The fraction of sp³-hybridized carbons (Fsp3) is 0.524. The van der Waals surface area contributed by atoms with Crippen LogP contribution >= 0.6 is 11.3 Å². The van der Waals surface area contributed by atoms with E-state index in [1.165, 1.54) is 12.8 Å². The number of likely N-dealkylation sites (tertiary alicyclic amines) is 1. The molecule has 2 aliphatic heterocycles. The molecule has 5 rings (SSSR count). The van der Waals surface area contributed by atoms with Gasteiger partial charge >= 0.3 is 0 Å². The molecule has 3 aromatic rings. The molecule has 1 N–H and O–H groups in total. The molecule has 1 unspecified atom stereocenters. The SMILES string of the molecule is c1cc(OC2CCN(Cc3cc(OCC4CCCN4)no3)CC2)c2sccc2n1. The van der Waals surface area contributed by atoms with E-state index < -0.39 is 0 Å². The molecule has 2 aliphatic rings. The summed E-state index contributed by atoms with van der Waals surface area (Å²) in [5.74, 6) is 2.40. The maximum atomic E-state index is 6.29. The third-order valence-electron chi connectivity index (χ3n) is 5.65. The van der Waals surface area contributed by atoms with Crippen LogP contribution in [0.1, 0.15) is 31.4 Å². The predicted octanol–water partition coefficient (Wildman–Crippen LogP) is 3.46. The number of aromatic nitrogens is 2. The summed E-state index contributed by atoms with van der Waals surface area (Å²) in [7, 11) is 0. The molecule has 0 bridgehead atoms. The fourth-order valence-electron chi connectivity index (χ4n) is 4.05. The Morgan fingerprint density at radius 1 is 1.24 bits per heavy atom. The minimum absolute atomic E-state index is 0.242. The van der Waals surface area contributed by atoms with Gasteiger partial charge in [-0.2, -0.15) is 0 Å². The van der Waals surface area contributed by atoms with Gasteiger partial charge in [-0.1, -0.05) is 0 Å². The molecule has 0 saturated carbocycles. The number of rotatable bonds is 7. The van der Waals surface area contributed by atoms with E-state index in [0.29, 0.717) is 18.5 Å². The van der Waals surface area contributed by atoms with Gasteiger partial charge in [-0.25, -0.2) is 0 Å². The van der Waals surface area contributed by atoms with E-state index in [1.807, 2.05) is 24.4 Å². The number of ether oxygens (including phenoxy) is 2. The second kappa shape index (κ2) is 8.69. The van der Waals surface area contributed by atoms with Gasteiger partial charge in [0.1, 0.15) is 18.5 Å². The highest BCUT2D eigenvalue weighted by molar-refractivity contribution is 7.17. The van der Waals surface area contributed by atoms with Crippen molar-refractivity contribution in [2.45, 2.75) is 44.4 Å². The fourth-order valence-corrected chi connectivity index (χ4v) is 4.86. The number of hydrogen-bond donors (Lipinski definition) is 1. The predicted molar refractivity (Wildman–Crippen MR) is 112 cm³/mol. The van der Waals surface area contributed by atoms with Crippen molar-refractivity contribution in [1.29, 1.82) is 0 Å². The molecule has 7 nitrogen and oxygen atoms in total. The number of thiophene rings is 1. The third-order valence-corrected chi connectivity index (χ3v) is 6.57. The Labute approximate surface area is 174 Å². The van der Waals surface area contributed by atoms with Gasteiger partial charge in [0.2, 0.25) is 0 Å². The maximum absolute atomic E-state index is 6.29. The quantitative estimate of drug-likeness (QED) is 0.635. The molecule has 0 radical (unpaired) electrons. The van der Waals surface area contributed by atoms with E-state index in [1.54, 1.807) is 11.3 Å². The average molecular weight is 415 g/mol. The van der Waals surface area contributed by atoms with E-state index in [4.69, 9.17) is 14.0 Å². The molecular formula is C21H26N4O3S. The Morgan fingerprint density at radius 2 is 2.17 bits per heavy atom. The second-order valence-electron chi connectivity index (χ2n) is 7.77. The van der Waals surface area contributed by atoms with Gasteiger partial charge in [0.25, 0.3) is 5.88 Å². The number of nitrogens with zero attached hydrogens (tertiary/aromatic N) is 3. The summed E-state index contributed by atoms with van der Waals surface area (Å²) in [4.78, 5) is 6.77. The van der Waals surface area contributed by atoms with Gasteiger partial charge in [0.05, 0.1) is 16.8 Å². The molecule has 154 valence electrons. The maximum Gasteiger partial charge on any atom is 0.254 e. The number of hydrogen-bond acceptors (Lipinski definition) is 8. The third kappa shape index (κ3) is 4.55. The molecule has 0 aromatic carbocycles. The molecule has 3 aromatic heterocycles. The van der Waals surface area contributed by atoms with Crippen LogP contribution in [0, 0.1) is 0 Å². The van der Waals surface area contributed by atoms with Crippen LogP contribution < -0.4 is 14.8 Å². The van der Waals surface area contributed by atoms with Crippen molar-refractivity contribution in [3.8, 4) is 11.6 Å². The number of nitrogens with one attached hydrogen (secondary N) is 1. The van der Waals surface area contributed by atoms with Gasteiger partial charge in [-0.15, -0.1) is 11.3 Å². The first-order valence-electron chi connectivity index (χ1n) is 10.4. The number of pyridine rings is 1. The van der Waals surface area contributed by atoms with Crippen molar-refractivity contribution in [3.05, 3.63) is 35.5 Å². The highest BCUT2D eigenvalue weighted by Crippen LogP contribution is 2.31. The standard InChI is InChI=1S/C21H26N4O3S/c1-2-15(22-7-1)14-26-20-12-17(28-24-20)13-25-9-4-16(5-10-25)27-19-3-8-23-18-6-11-29-21(18)19/h3,6,8,11-12,15-16,22H,1-2,4-5,7,9-10,13-14H2. The zero-order valence-corrected chi connectivity index (χ0v) is 17.2. The summed E-state index contributed by atoms with van der Waals surface area (Å²) in [6.07, 6.45) is 6.45. The Bertz CT molecular complexity index is 929. The van der Waals surface area contributed by atoms with Gasteiger partial charge in [-0.3, -0.25) is 9.88 Å². The molecule has 2 fully saturated rings. The summed E-state index contributed by atoms with van der Waals surface area (Å²) in [5.41, 5.74) is 1.01. The zero-order valence-electron chi connectivity index (χ0n) is 16.4. The molecule has 8 heteroatoms. The van der Waals surface area contributed by atoms with E-state index in [0.717, 1.165) is 60.7 Å². The van der Waals surface area contributed by atoms with Crippen molar-refractivity contribution >= 4 is 21.6 Å². The van der Waals surface area contributed by atoms with E-state index in [2.05, 4.69) is 25.7 Å². The first-order chi connectivity index (χ1) is 14.3. The smallest absolute Gasteiger partial charge is 0.254 e. The van der Waals surface area contributed by atoms with Crippen molar-refractivity contribution < 1.29 is 14.0 Å². The van der Waals surface area contributed by atoms with Crippen molar-refractivity contribution in [2.24, 2.45) is 0 Å². The minimum atomic E-state index is 0.242. The molecule has 2 saturated heterocycles. The summed E-state index contributed by atoms with van der Waals surface area (Å²) in [6.45, 7) is 4.45. The van der Waals surface area contributed by atoms with Crippen LogP contribution in [-0.4, -0.2) is 53.4 Å². The molecular weight excluding hydrogens is 388 g/mol. The topological polar surface area (TPSA) is 72.7 Å². The van der Waals surface area contributed by atoms with Crippen LogP contribution in [0.3, 0.4) is 0 Å². The minimum Gasteiger partial charge on any atom is -0.489 e. The monoisotopic (exact) mass is 414 g/mol. The van der Waals surface area contributed by atoms with Crippen LogP contribution in [0.5, 0.6) is 11.6 Å². The van der Waals surface area contributed by atoms with E-state index >= 15 is 0 Å². The normalized spacial score (nSPS) is 21.0. The lowest BCUT2D eigenvalue weighted by atomic mass is 10.1. The van der Waals surface area contributed by atoms with Crippen LogP contribution in [0.25, 0.3) is 10.2 Å². The average Bonchev–Trinajstić information content (AvgIpc) is 3.50. The summed E-state index contributed by atoms with van der Waals surface area (Å²) >= 11 is 1.69. The van der Waals surface area contributed by atoms with E-state index in [9.17, 15) is 0 Å². The molecule has 0 amide bonds. The summed E-state index contributed by atoms with van der Waals surface area (Å²) in [6, 6.07) is 6.37. The van der Waals surface area contributed by atoms with Crippen LogP contribution in [0.4, 0.5) is 0 Å². The molecule has 5 heterocycles. The molecule has 29 heavy (non-hydrogen) atoms. The Balaban J connectivity index is 1.09. The Morgan fingerprint density at radius 3 is 3.03 bits per heavy atom. The van der Waals surface area contributed by atoms with Crippen LogP contribution in [0.15, 0.2) is 34.3 Å². The van der Waals surface area contributed by atoms with Crippen LogP contribution in [0.2, 0.25) is 0 Å². The lowest BCUT2D eigenvalue weighted by molar-refractivity contribution is 0.0925. The lowest BCUT2D eigenvalue weighted by Gasteiger charge is -2.31. The second-order valence-corrected chi connectivity index (χ2v) is 8.69. The van der Waals surface area contributed by atoms with Crippen molar-refractivity contribution in [1.82, 2.24) is 20.4 Å². The zero-order chi connectivity index (χ0) is 19.5. The summed E-state index contributed by atoms with van der Waals surface area (Å²) < 4.78 is 18.7. The largest absolute Gasteiger partial charge is 0.489 e. The molecule has 0 aliphatic carbocycles. The van der Waals surface area contributed by atoms with E-state index in [-0.39, 0.29) is 6.10 Å². The molecule has 0 spiro atoms.